The molecular formula is C94H115Cl3N12O29. The van der Waals surface area contributed by atoms with Crippen molar-refractivity contribution in [2.75, 3.05) is 60.6 Å². The zero-order chi connectivity index (χ0) is 99.7. The summed E-state index contributed by atoms with van der Waals surface area (Å²) >= 11 is 20.8. The van der Waals surface area contributed by atoms with Crippen LogP contribution in [0.4, 0.5) is 0 Å². The average Bonchev–Trinajstić information content (AvgIpc) is 0.747. The SMILES string of the molecule is CCC1(NCc2ccc(-c3ccc(Cl)cc3)cc2)C[C@H](O[C@@H]2C(O)C(O)[C@@H](CO)O[C@H]2Oc2c3cc4cc2Oc2ccc(cc2Cl)[C@@H](O)[C@@H](NC(=O)[C@@H](CC(C)C)NC)C(=O)NC(CC(N)=O)C(=O)N[C@H]4C(=O)N[C@@H]2C(=O)N[C@H](C(=O)N[C@H](C(=O)NCCCN(C)C)c4cc(O)c(CNCCOC5OC(CO)[C@@H](O)[C@H](O)[C@H]5O)c(O)c4-c4cc2ccc4O)[C@H](O)c2ccc(c(Cl)c2)O3)O[C@@H](C)[C@@H]1O. The van der Waals surface area contributed by atoms with Crippen molar-refractivity contribution in [2.45, 2.75) is 213 Å². The van der Waals surface area contributed by atoms with Gasteiger partial charge in [0.1, 0.15) is 120 Å². The number of fused-ring (bicyclic) bond motifs is 15. The summed E-state index contributed by atoms with van der Waals surface area (Å²) in [6, 6.07) is 13.7. The van der Waals surface area contributed by atoms with Crippen LogP contribution >= 0.6 is 34.8 Å². The van der Waals surface area contributed by atoms with E-state index in [1.165, 1.54) is 25.2 Å². The van der Waals surface area contributed by atoms with Gasteiger partial charge in [0, 0.05) is 48.7 Å². The maximum Gasteiger partial charge on any atom is 0.248 e. The van der Waals surface area contributed by atoms with Crippen LogP contribution in [0, 0.1) is 5.92 Å². The predicted octanol–water partition coefficient (Wildman–Crippen LogP) is 1.54. The van der Waals surface area contributed by atoms with Gasteiger partial charge in [-0.25, -0.2) is 0 Å². The number of benzene rings is 7. The van der Waals surface area contributed by atoms with E-state index in [1.54, 1.807) is 33.2 Å². The number of aliphatic hydroxyl groups excluding tert-OH is 10. The highest BCUT2D eigenvalue weighted by Gasteiger charge is 2.54. The number of phenolic OH excluding ortho intramolecular Hbond substituents is 3. The fourth-order valence-corrected chi connectivity index (χ4v) is 17.9. The van der Waals surface area contributed by atoms with Crippen LogP contribution in [0.15, 0.2) is 121 Å². The molecule has 8 aliphatic heterocycles. The minimum Gasteiger partial charge on any atom is -0.507 e. The van der Waals surface area contributed by atoms with E-state index >= 15 is 28.8 Å². The third-order valence-electron chi connectivity index (χ3n) is 25.1. The predicted molar refractivity (Wildman–Crippen MR) is 493 cm³/mol. The summed E-state index contributed by atoms with van der Waals surface area (Å²) in [5.74, 6) is -15.5. The molecule has 0 aliphatic carbocycles. The van der Waals surface area contributed by atoms with Gasteiger partial charge < -0.3 is 168 Å². The number of nitrogens with one attached hydrogen (secondary N) is 10. The van der Waals surface area contributed by atoms with Gasteiger partial charge in [-0.2, -0.15) is 0 Å². The normalized spacial score (nSPS) is 28.1. The molecule has 0 aromatic heterocycles. The quantitative estimate of drug-likeness (QED) is 0.0296. The largest absolute Gasteiger partial charge is 0.507 e. The van der Waals surface area contributed by atoms with Crippen molar-refractivity contribution in [3.05, 3.63) is 175 Å². The van der Waals surface area contributed by atoms with Crippen LogP contribution in [0.5, 0.6) is 46.0 Å². The number of carbonyl (C=O) groups is 8. The number of likely N-dealkylation sites (N-methyl/N-ethyl adjacent to an activating group) is 1. The Morgan fingerprint density at radius 3 is 1.84 bits per heavy atom. The number of ether oxygens (including phenoxy) is 8. The maximum absolute atomic E-state index is 16.7. The molecule has 746 valence electrons. The molecule has 7 aromatic rings. The topological polar surface area (TPSA) is 623 Å². The van der Waals surface area contributed by atoms with Crippen LogP contribution in [0.2, 0.25) is 15.1 Å². The first-order chi connectivity index (χ1) is 65.7. The van der Waals surface area contributed by atoms with Crippen LogP contribution in [-0.4, -0.2) is 289 Å². The van der Waals surface area contributed by atoms with Crippen LogP contribution in [0.1, 0.15) is 129 Å². The first-order valence-corrected chi connectivity index (χ1v) is 46.0. The van der Waals surface area contributed by atoms with Gasteiger partial charge in [-0.1, -0.05) is 110 Å². The number of rotatable bonds is 29. The number of hydrogen-bond donors (Lipinski definition) is 24. The lowest BCUT2D eigenvalue weighted by Crippen LogP contribution is -2.66. The second-order valence-electron chi connectivity index (χ2n) is 35.4. The lowest BCUT2D eigenvalue weighted by molar-refractivity contribution is -0.335. The van der Waals surface area contributed by atoms with Gasteiger partial charge in [0.25, 0.3) is 0 Å². The summed E-state index contributed by atoms with van der Waals surface area (Å²) in [5.41, 5.74) is 4.07. The lowest BCUT2D eigenvalue weighted by atomic mass is 9.80. The summed E-state index contributed by atoms with van der Waals surface area (Å²) in [6.07, 6.45) is -26.7. The van der Waals surface area contributed by atoms with E-state index in [4.69, 9.17) is 78.4 Å². The van der Waals surface area contributed by atoms with E-state index in [1.807, 2.05) is 62.1 Å². The van der Waals surface area contributed by atoms with Crippen LogP contribution in [-0.2, 0) is 75.1 Å². The number of amides is 8. The Bertz CT molecular complexity index is 5560. The van der Waals surface area contributed by atoms with Gasteiger partial charge in [0.15, 0.2) is 30.2 Å². The molecule has 15 rings (SSSR count). The Morgan fingerprint density at radius 2 is 1.23 bits per heavy atom. The number of primary amides is 1. The molecule has 41 nitrogen and oxygen atoms in total. The van der Waals surface area contributed by atoms with Crippen molar-refractivity contribution in [2.24, 2.45) is 11.7 Å². The Hall–Kier alpha value is -10.8. The highest BCUT2D eigenvalue weighted by atomic mass is 35.5. The molecule has 0 saturated carbocycles. The number of nitrogens with two attached hydrogens (primary N) is 1. The molecule has 8 aliphatic rings. The van der Waals surface area contributed by atoms with E-state index in [0.29, 0.717) is 18.0 Å². The third-order valence-corrected chi connectivity index (χ3v) is 25.9. The smallest absolute Gasteiger partial charge is 0.248 e. The van der Waals surface area contributed by atoms with Crippen LogP contribution in [0.3, 0.4) is 0 Å². The Balaban J connectivity index is 0.978. The summed E-state index contributed by atoms with van der Waals surface area (Å²) in [6.45, 7) is 4.73. The van der Waals surface area contributed by atoms with E-state index in [0.717, 1.165) is 71.3 Å². The molecule has 3 saturated heterocycles. The van der Waals surface area contributed by atoms with Crippen molar-refractivity contribution < 1.29 is 143 Å². The maximum atomic E-state index is 16.7. The van der Waals surface area contributed by atoms with Gasteiger partial charge in [0.05, 0.1) is 65.6 Å². The minimum atomic E-state index is -2.42. The highest BCUT2D eigenvalue weighted by Crippen LogP contribution is 2.51. The highest BCUT2D eigenvalue weighted by molar-refractivity contribution is 6.32. The first-order valence-electron chi connectivity index (χ1n) is 44.8. The van der Waals surface area contributed by atoms with E-state index < -0.39 is 286 Å². The van der Waals surface area contributed by atoms with Crippen molar-refractivity contribution in [1.82, 2.24) is 58.1 Å². The van der Waals surface area contributed by atoms with Gasteiger partial charge >= 0.3 is 0 Å². The van der Waals surface area contributed by atoms with Crippen molar-refractivity contribution >= 4 is 82.1 Å². The van der Waals surface area contributed by atoms with Gasteiger partial charge in [-0.05, 0) is 171 Å². The van der Waals surface area contributed by atoms with Crippen LogP contribution in [0.25, 0.3) is 22.3 Å². The molecule has 25 N–H and O–H groups in total. The second kappa shape index (κ2) is 45.6. The molecule has 138 heavy (non-hydrogen) atoms. The minimum absolute atomic E-state index is 0.0797. The summed E-state index contributed by atoms with van der Waals surface area (Å²) in [4.78, 5) is 125. The summed E-state index contributed by atoms with van der Waals surface area (Å²) in [7, 11) is 5.01. The molecule has 44 heteroatoms. The number of carbonyl (C=O) groups excluding carboxylic acids is 8. The monoisotopic (exact) mass is 1980 g/mol. The molecule has 3 fully saturated rings. The van der Waals surface area contributed by atoms with E-state index in [9.17, 15) is 76.0 Å². The van der Waals surface area contributed by atoms with E-state index in [-0.39, 0.29) is 78.9 Å². The third kappa shape index (κ3) is 23.7. The zero-order valence-corrected chi connectivity index (χ0v) is 78.3. The number of aromatic hydroxyl groups is 3. The zero-order valence-electron chi connectivity index (χ0n) is 76.0. The Labute approximate surface area is 807 Å². The molecule has 7 aromatic carbocycles. The Morgan fingerprint density at radius 1 is 0.630 bits per heavy atom. The lowest BCUT2D eigenvalue weighted by Gasteiger charge is -2.49. The fourth-order valence-electron chi connectivity index (χ4n) is 17.4. The molecule has 8 amide bonds. The van der Waals surface area contributed by atoms with Gasteiger partial charge in [0.2, 0.25) is 59.3 Å². The van der Waals surface area contributed by atoms with Gasteiger partial charge in [-0.15, -0.1) is 0 Å². The number of nitrogens with zero attached hydrogens (tertiary/aromatic N) is 1. The van der Waals surface area contributed by atoms with E-state index in [2.05, 4.69) is 53.2 Å². The van der Waals surface area contributed by atoms with Crippen molar-refractivity contribution in [1.29, 1.82) is 0 Å². The van der Waals surface area contributed by atoms with Crippen LogP contribution < -0.4 is 73.1 Å². The number of phenols is 3. The molecular weight excluding hydrogens is 1870 g/mol. The molecule has 23 atom stereocenters. The molecule has 0 spiro atoms. The summed E-state index contributed by atoms with van der Waals surface area (Å²) in [5, 5.41) is 179. The standard InChI is InChI=1S/C94H115Cl3N12O29/c1-8-94(102-37-43-10-12-44(13-11-43)45-14-19-50(95)20-15-45)36-67(132-42(4)84(94)123)137-83-80(121)78(119)65(40-111)136-93(83)138-82-62-32-49-33-63(82)134-61-23-18-48(31-55(61)97)75(116)73-91(130)106-71(87(126)101-24-9-26-109(6)7)52-34-59(113)53(38-100-25-27-131-92-81(122)79(120)77(118)64(39-110)135-92)76(117)68(52)51-29-46(16-21-58(51)112)69(88(127)108-73)105-89(128)70(49)104-86(125)57(35-66(98)114)103-90(129)72(107-85(124)56(99-5)28-41(2)3)74(115)47-17-22-60(133-62)54(96)30-47/h10-23,29-34,41-42,56-57,64-65,67,69-75,77-81,83-84,92-93,99-100,102,110-113,115-123H,8-9,24-28,35-40H2,1-7H3,(H2,98,114)(H,101,126)(H,103,129)(H,104,125)(H,105,128)(H,106,130)(H,107,124)(H,108,127)/t42-,56+,57?,64?,65+,67-,69-,70+,71-,72+,73-,74+,75+,77+,78?,79-,80?,81+,83+,84-,92?,93-,94?/m0/s1. The molecule has 6 unspecified atom stereocenters. The molecule has 8 heterocycles. The number of aliphatic hydroxyl groups is 10. The first kappa shape index (κ1) is 105. The van der Waals surface area contributed by atoms with Gasteiger partial charge in [-0.3, -0.25) is 38.4 Å². The number of hydrogen-bond acceptors (Lipinski definition) is 33. The second-order valence-corrected chi connectivity index (χ2v) is 36.6. The number of halogens is 3. The summed E-state index contributed by atoms with van der Waals surface area (Å²) < 4.78 is 51.2. The molecule has 0 radical (unpaired) electrons. The van der Waals surface area contributed by atoms with Crippen molar-refractivity contribution in [3.63, 3.8) is 0 Å². The van der Waals surface area contributed by atoms with Crippen molar-refractivity contribution in [3.8, 4) is 68.2 Å². The average molecular weight is 1980 g/mol. The molecule has 11 bridgehead atoms. The fraction of sp³-hybridized carbons (Fsp3) is 0.468. The Kier molecular flexibility index (Phi) is 34.6.